The molecule has 0 fully saturated rings. The summed E-state index contributed by atoms with van der Waals surface area (Å²) < 4.78 is 4.62. The van der Waals surface area contributed by atoms with E-state index in [1.807, 2.05) is 13.8 Å². The van der Waals surface area contributed by atoms with Crippen LogP contribution in [0.1, 0.15) is 16.7 Å². The Labute approximate surface area is 108 Å². The molecule has 0 amide bonds. The van der Waals surface area contributed by atoms with Crippen molar-refractivity contribution in [1.29, 1.82) is 0 Å². The number of carboxylic acid groups (broad SMARTS) is 1. The fraction of sp³-hybridized carbons (Fsp3) is 0.462. The Bertz CT molecular complexity index is 475. The van der Waals surface area contributed by atoms with Gasteiger partial charge in [0.25, 0.3) is 0 Å². The molecule has 0 saturated carbocycles. The second-order valence-electron chi connectivity index (χ2n) is 5.75. The quantitative estimate of drug-likeness (QED) is 0.500. The summed E-state index contributed by atoms with van der Waals surface area (Å²) in [5.74, 6) is -0.0122. The first kappa shape index (κ1) is 14.6. The minimum Gasteiger partial charge on any atom is -0.504 e. The lowest BCUT2D eigenvalue weighted by molar-refractivity contribution is 0.143. The van der Waals surface area contributed by atoms with Gasteiger partial charge in [-0.05, 0) is 42.6 Å². The number of aryl methyl sites for hydroxylation is 1. The Morgan fingerprint density at radius 1 is 1.33 bits per heavy atom. The van der Waals surface area contributed by atoms with Crippen molar-refractivity contribution in [2.45, 2.75) is 39.5 Å². The molecule has 4 nitrogen and oxygen atoms in total. The van der Waals surface area contributed by atoms with Crippen LogP contribution in [-0.4, -0.2) is 24.4 Å². The number of hydrogen-bond donors (Lipinski definition) is 2. The summed E-state index contributed by atoms with van der Waals surface area (Å²) in [6, 6.07) is 2.36. The van der Waals surface area contributed by atoms with Gasteiger partial charge in [0, 0.05) is 8.07 Å². The molecule has 18 heavy (non-hydrogen) atoms. The van der Waals surface area contributed by atoms with E-state index in [0.717, 1.165) is 22.7 Å². The third-order valence-electron chi connectivity index (χ3n) is 2.82. The van der Waals surface area contributed by atoms with Crippen molar-refractivity contribution in [1.82, 2.24) is 0 Å². The average molecular weight is 268 g/mol. The van der Waals surface area contributed by atoms with E-state index < -0.39 is 14.2 Å². The van der Waals surface area contributed by atoms with Crippen LogP contribution in [0.5, 0.6) is 11.5 Å². The van der Waals surface area contributed by atoms with Gasteiger partial charge in [-0.2, -0.15) is 0 Å². The van der Waals surface area contributed by atoms with E-state index >= 15 is 0 Å². The van der Waals surface area contributed by atoms with Gasteiger partial charge in [-0.15, -0.1) is 0 Å². The Hall–Kier alpha value is -1.49. The van der Waals surface area contributed by atoms with Crippen molar-refractivity contribution < 1.29 is 19.7 Å². The monoisotopic (exact) mass is 268 g/mol. The molecule has 0 saturated heterocycles. The third kappa shape index (κ3) is 3.50. The van der Waals surface area contributed by atoms with E-state index in [0.29, 0.717) is 0 Å². The predicted octanol–water partition coefficient (Wildman–Crippen LogP) is 3.49. The largest absolute Gasteiger partial charge is 0.511 e. The van der Waals surface area contributed by atoms with Crippen LogP contribution in [0.15, 0.2) is 6.07 Å². The molecular weight excluding hydrogens is 248 g/mol. The second-order valence-corrected chi connectivity index (χ2v) is 11.2. The first-order chi connectivity index (χ1) is 8.11. The first-order valence-electron chi connectivity index (χ1n) is 5.84. The highest BCUT2D eigenvalue weighted by molar-refractivity contribution is 6.75. The Morgan fingerprint density at radius 3 is 2.33 bits per heavy atom. The standard InChI is InChI=1S/C13H20O4Si/c1-8-6-11(17-13(15)16)12(14)10(9(8)2)7-18(3,4)5/h6,14H,7H2,1-5H3,(H,15,16). The first-order valence-corrected chi connectivity index (χ1v) is 9.55. The van der Waals surface area contributed by atoms with E-state index in [4.69, 9.17) is 5.11 Å². The van der Waals surface area contributed by atoms with E-state index in [9.17, 15) is 9.90 Å². The number of rotatable bonds is 3. The normalized spacial score (nSPS) is 11.4. The highest BCUT2D eigenvalue weighted by Crippen LogP contribution is 2.36. The van der Waals surface area contributed by atoms with Crippen LogP contribution in [-0.2, 0) is 6.04 Å². The van der Waals surface area contributed by atoms with E-state index in [1.54, 1.807) is 6.07 Å². The van der Waals surface area contributed by atoms with Gasteiger partial charge in [-0.3, -0.25) is 0 Å². The minimum atomic E-state index is -1.41. The van der Waals surface area contributed by atoms with E-state index in [2.05, 4.69) is 24.4 Å². The smallest absolute Gasteiger partial charge is 0.504 e. The molecule has 0 heterocycles. The maximum absolute atomic E-state index is 10.6. The van der Waals surface area contributed by atoms with Crippen molar-refractivity contribution >= 4 is 14.2 Å². The zero-order chi connectivity index (χ0) is 14.1. The molecular formula is C13H20O4Si. The van der Waals surface area contributed by atoms with Crippen molar-refractivity contribution in [3.63, 3.8) is 0 Å². The molecule has 0 unspecified atom stereocenters. The maximum atomic E-state index is 10.6. The molecule has 100 valence electrons. The maximum Gasteiger partial charge on any atom is 0.511 e. The molecule has 0 aromatic heterocycles. The molecule has 0 atom stereocenters. The van der Waals surface area contributed by atoms with Crippen molar-refractivity contribution in [3.8, 4) is 11.5 Å². The highest BCUT2D eigenvalue weighted by atomic mass is 28.3. The van der Waals surface area contributed by atoms with Gasteiger partial charge in [0.15, 0.2) is 11.5 Å². The predicted molar refractivity (Wildman–Crippen MR) is 73.3 cm³/mol. The molecule has 1 aromatic carbocycles. The van der Waals surface area contributed by atoms with Gasteiger partial charge in [0.05, 0.1) is 0 Å². The summed E-state index contributed by atoms with van der Waals surface area (Å²) in [7, 11) is -1.41. The molecule has 1 aromatic rings. The zero-order valence-corrected chi connectivity index (χ0v) is 12.5. The zero-order valence-electron chi connectivity index (χ0n) is 11.5. The van der Waals surface area contributed by atoms with Crippen molar-refractivity contribution in [3.05, 3.63) is 22.8 Å². The highest BCUT2D eigenvalue weighted by Gasteiger charge is 2.22. The number of phenols is 1. The Morgan fingerprint density at radius 2 is 1.89 bits per heavy atom. The van der Waals surface area contributed by atoms with E-state index in [1.165, 1.54) is 0 Å². The van der Waals surface area contributed by atoms with Crippen LogP contribution < -0.4 is 4.74 Å². The third-order valence-corrected chi connectivity index (χ3v) is 4.23. The summed E-state index contributed by atoms with van der Waals surface area (Å²) >= 11 is 0. The summed E-state index contributed by atoms with van der Waals surface area (Å²) in [6.07, 6.45) is -1.41. The van der Waals surface area contributed by atoms with Crippen molar-refractivity contribution in [2.24, 2.45) is 0 Å². The number of benzene rings is 1. The number of ether oxygens (including phenoxy) is 1. The lowest BCUT2D eigenvalue weighted by atomic mass is 10.0. The molecule has 0 spiro atoms. The number of phenolic OH excluding ortho intramolecular Hbond substituents is 1. The molecule has 0 bridgehead atoms. The summed E-state index contributed by atoms with van der Waals surface area (Å²) in [4.78, 5) is 10.6. The average Bonchev–Trinajstić information content (AvgIpc) is 2.19. The topological polar surface area (TPSA) is 66.8 Å². The Kier molecular flexibility index (Phi) is 4.06. The molecule has 5 heteroatoms. The van der Waals surface area contributed by atoms with Crippen LogP contribution in [0.4, 0.5) is 4.79 Å². The van der Waals surface area contributed by atoms with Crippen LogP contribution in [0.2, 0.25) is 19.6 Å². The van der Waals surface area contributed by atoms with Gasteiger partial charge in [-0.1, -0.05) is 19.6 Å². The van der Waals surface area contributed by atoms with Crippen LogP contribution in [0.3, 0.4) is 0 Å². The molecule has 1 rings (SSSR count). The number of aromatic hydroxyl groups is 1. The Balaban J connectivity index is 3.31. The van der Waals surface area contributed by atoms with Crippen LogP contribution in [0.25, 0.3) is 0 Å². The lowest BCUT2D eigenvalue weighted by Gasteiger charge is -2.20. The van der Waals surface area contributed by atoms with Gasteiger partial charge < -0.3 is 14.9 Å². The summed E-state index contributed by atoms with van der Waals surface area (Å²) in [6.45, 7) is 10.4. The summed E-state index contributed by atoms with van der Waals surface area (Å²) in [5, 5.41) is 18.8. The van der Waals surface area contributed by atoms with E-state index in [-0.39, 0.29) is 11.5 Å². The number of carbonyl (C=O) groups is 1. The lowest BCUT2D eigenvalue weighted by Crippen LogP contribution is -2.24. The van der Waals surface area contributed by atoms with Gasteiger partial charge in [0.2, 0.25) is 0 Å². The van der Waals surface area contributed by atoms with Crippen LogP contribution >= 0.6 is 0 Å². The minimum absolute atomic E-state index is 0.0267. The number of hydrogen-bond acceptors (Lipinski definition) is 3. The van der Waals surface area contributed by atoms with Gasteiger partial charge >= 0.3 is 6.16 Å². The molecule has 0 aliphatic heterocycles. The van der Waals surface area contributed by atoms with Gasteiger partial charge in [-0.25, -0.2) is 4.79 Å². The molecule has 0 aliphatic carbocycles. The van der Waals surface area contributed by atoms with Crippen molar-refractivity contribution in [2.75, 3.05) is 0 Å². The second kappa shape index (κ2) is 5.02. The van der Waals surface area contributed by atoms with Gasteiger partial charge in [0.1, 0.15) is 0 Å². The SMILES string of the molecule is Cc1cc(OC(=O)O)c(O)c(C[Si](C)(C)C)c1C. The molecule has 2 N–H and O–H groups in total. The molecule has 0 radical (unpaired) electrons. The fourth-order valence-electron chi connectivity index (χ4n) is 1.86. The molecule has 0 aliphatic rings. The summed E-state index contributed by atoms with van der Waals surface area (Å²) in [5.41, 5.74) is 2.75. The fourth-order valence-corrected chi connectivity index (χ4v) is 3.35. The van der Waals surface area contributed by atoms with Crippen LogP contribution in [0, 0.1) is 13.8 Å².